The zero-order chi connectivity index (χ0) is 19.7. The van der Waals surface area contributed by atoms with Gasteiger partial charge in [-0.1, -0.05) is 24.3 Å². The molecule has 2 heterocycles. The first kappa shape index (κ1) is 17.5. The van der Waals surface area contributed by atoms with Gasteiger partial charge in [-0.3, -0.25) is 0 Å². The monoisotopic (exact) mass is 380 g/mol. The molecule has 4 aromatic rings. The number of anilines is 1. The van der Waals surface area contributed by atoms with Gasteiger partial charge in [-0.25, -0.2) is 13.8 Å². The highest BCUT2D eigenvalue weighted by Gasteiger charge is 2.20. The molecule has 0 atom stereocenters. The Morgan fingerprint density at radius 1 is 1.04 bits per heavy atom. The number of pyridine rings is 1. The summed E-state index contributed by atoms with van der Waals surface area (Å²) in [5, 5.41) is 11.3. The molecule has 0 radical (unpaired) electrons. The molecule has 0 spiro atoms. The Bertz CT molecular complexity index is 1160. The first-order valence-corrected chi connectivity index (χ1v) is 8.22. The van der Waals surface area contributed by atoms with Crippen LogP contribution in [-0.4, -0.2) is 32.3 Å². The molecule has 4 rings (SSSR count). The van der Waals surface area contributed by atoms with Gasteiger partial charge in [0.1, 0.15) is 17.3 Å². The van der Waals surface area contributed by atoms with Crippen LogP contribution in [0.2, 0.25) is 0 Å². The van der Waals surface area contributed by atoms with Crippen molar-refractivity contribution in [3.8, 4) is 34.0 Å². The molecule has 0 saturated heterocycles. The Morgan fingerprint density at radius 3 is 2.68 bits per heavy atom. The van der Waals surface area contributed by atoms with Crippen molar-refractivity contribution in [1.82, 2.24) is 25.2 Å². The van der Waals surface area contributed by atoms with Gasteiger partial charge in [0.2, 0.25) is 0 Å². The van der Waals surface area contributed by atoms with Gasteiger partial charge in [-0.15, -0.1) is 5.10 Å². The van der Waals surface area contributed by atoms with Crippen LogP contribution in [-0.2, 0) is 0 Å². The number of benzene rings is 2. The van der Waals surface area contributed by atoms with E-state index in [1.54, 1.807) is 19.4 Å². The number of nitrogens with two attached hydrogens (primary N) is 1. The summed E-state index contributed by atoms with van der Waals surface area (Å²) in [6.45, 7) is 0. The number of nitrogens with zero attached hydrogens (tertiary/aromatic N) is 5. The summed E-state index contributed by atoms with van der Waals surface area (Å²) in [4.78, 5) is 4.21. The van der Waals surface area contributed by atoms with Crippen LogP contribution in [0, 0.1) is 11.6 Å². The Hall–Kier alpha value is -3.88. The lowest BCUT2D eigenvalue weighted by molar-refractivity contribution is 0.416. The maximum atomic E-state index is 14.2. The maximum Gasteiger partial charge on any atom is 0.190 e. The summed E-state index contributed by atoms with van der Waals surface area (Å²) in [6, 6.07) is 12.9. The van der Waals surface area contributed by atoms with Crippen molar-refractivity contribution < 1.29 is 13.5 Å². The van der Waals surface area contributed by atoms with E-state index in [9.17, 15) is 8.78 Å². The van der Waals surface area contributed by atoms with Crippen LogP contribution in [0.1, 0.15) is 0 Å². The number of para-hydroxylation sites is 1. The second kappa shape index (κ2) is 7.03. The number of hydrogen-bond donors (Lipinski definition) is 1. The minimum absolute atomic E-state index is 0.131. The molecule has 7 nitrogen and oxygen atoms in total. The van der Waals surface area contributed by atoms with Crippen molar-refractivity contribution in [3.63, 3.8) is 0 Å². The average molecular weight is 380 g/mol. The molecule has 0 bridgehead atoms. The highest BCUT2D eigenvalue weighted by atomic mass is 19.2. The summed E-state index contributed by atoms with van der Waals surface area (Å²) in [7, 11) is 1.57. The molecule has 2 N–H and O–H groups in total. The molecule has 2 aromatic carbocycles. The first-order valence-electron chi connectivity index (χ1n) is 8.22. The molecule has 140 valence electrons. The van der Waals surface area contributed by atoms with Crippen molar-refractivity contribution in [3.05, 3.63) is 66.4 Å². The summed E-state index contributed by atoms with van der Waals surface area (Å²) < 4.78 is 34.4. The molecule has 0 aliphatic rings. The molecule has 0 saturated carbocycles. The Balaban J connectivity index is 1.88. The Kier molecular flexibility index (Phi) is 4.40. The number of halogens is 2. The number of ether oxygens (including phenoxy) is 1. The fourth-order valence-corrected chi connectivity index (χ4v) is 2.86. The maximum absolute atomic E-state index is 14.2. The Morgan fingerprint density at radius 2 is 1.86 bits per heavy atom. The third-order valence-electron chi connectivity index (χ3n) is 4.21. The van der Waals surface area contributed by atoms with E-state index in [4.69, 9.17) is 10.5 Å². The SMILES string of the molecule is COc1ccccc1-c1cnc(N)c(-c2nnnn2-c2cccc(F)c2F)c1. The smallest absolute Gasteiger partial charge is 0.190 e. The van der Waals surface area contributed by atoms with E-state index >= 15 is 0 Å². The number of tetrazole rings is 1. The van der Waals surface area contributed by atoms with Crippen LogP contribution < -0.4 is 10.5 Å². The van der Waals surface area contributed by atoms with Crippen molar-refractivity contribution in [2.75, 3.05) is 12.8 Å². The second-order valence-electron chi connectivity index (χ2n) is 5.84. The molecular weight excluding hydrogens is 366 g/mol. The molecule has 0 aliphatic heterocycles. The fourth-order valence-electron chi connectivity index (χ4n) is 2.86. The fraction of sp³-hybridized carbons (Fsp3) is 0.0526. The number of aromatic nitrogens is 5. The van der Waals surface area contributed by atoms with E-state index in [0.717, 1.165) is 16.3 Å². The third kappa shape index (κ3) is 2.92. The molecule has 0 amide bonds. The van der Waals surface area contributed by atoms with Gasteiger partial charge in [0.05, 0.1) is 12.7 Å². The van der Waals surface area contributed by atoms with Crippen molar-refractivity contribution >= 4 is 5.82 Å². The minimum atomic E-state index is -1.07. The zero-order valence-corrected chi connectivity index (χ0v) is 14.7. The molecule has 0 fully saturated rings. The van der Waals surface area contributed by atoms with Crippen LogP contribution in [0.4, 0.5) is 14.6 Å². The summed E-state index contributed by atoms with van der Waals surface area (Å²) in [5.41, 5.74) is 7.75. The zero-order valence-electron chi connectivity index (χ0n) is 14.7. The lowest BCUT2D eigenvalue weighted by Crippen LogP contribution is -2.06. The topological polar surface area (TPSA) is 91.7 Å². The lowest BCUT2D eigenvalue weighted by atomic mass is 10.0. The molecule has 0 aliphatic carbocycles. The number of methoxy groups -OCH3 is 1. The average Bonchev–Trinajstić information content (AvgIpc) is 3.20. The normalized spacial score (nSPS) is 10.8. The van der Waals surface area contributed by atoms with Crippen LogP contribution in [0.5, 0.6) is 5.75 Å². The van der Waals surface area contributed by atoms with Crippen LogP contribution >= 0.6 is 0 Å². The highest BCUT2D eigenvalue weighted by molar-refractivity contribution is 5.78. The van der Waals surface area contributed by atoms with E-state index < -0.39 is 11.6 Å². The van der Waals surface area contributed by atoms with Gasteiger partial charge in [0, 0.05) is 17.3 Å². The quantitative estimate of drug-likeness (QED) is 0.584. The van der Waals surface area contributed by atoms with Crippen molar-refractivity contribution in [2.45, 2.75) is 0 Å². The summed E-state index contributed by atoms with van der Waals surface area (Å²) in [5.74, 6) is -1.15. The largest absolute Gasteiger partial charge is 0.496 e. The van der Waals surface area contributed by atoms with E-state index in [1.807, 2.05) is 24.3 Å². The highest BCUT2D eigenvalue weighted by Crippen LogP contribution is 2.34. The lowest BCUT2D eigenvalue weighted by Gasteiger charge is -2.11. The first-order chi connectivity index (χ1) is 13.6. The molecule has 9 heteroatoms. The van der Waals surface area contributed by atoms with Gasteiger partial charge >= 0.3 is 0 Å². The number of nitrogen functional groups attached to an aromatic ring is 1. The summed E-state index contributed by atoms with van der Waals surface area (Å²) in [6.07, 6.45) is 1.59. The van der Waals surface area contributed by atoms with E-state index in [-0.39, 0.29) is 17.3 Å². The van der Waals surface area contributed by atoms with E-state index in [0.29, 0.717) is 16.9 Å². The van der Waals surface area contributed by atoms with E-state index in [2.05, 4.69) is 20.5 Å². The van der Waals surface area contributed by atoms with Gasteiger partial charge in [0.15, 0.2) is 17.5 Å². The van der Waals surface area contributed by atoms with Crippen molar-refractivity contribution in [1.29, 1.82) is 0 Å². The molecule has 0 unspecified atom stereocenters. The van der Waals surface area contributed by atoms with Crippen LogP contribution in [0.15, 0.2) is 54.7 Å². The minimum Gasteiger partial charge on any atom is -0.496 e. The number of hydrogen-bond acceptors (Lipinski definition) is 6. The molecule has 2 aromatic heterocycles. The van der Waals surface area contributed by atoms with Crippen LogP contribution in [0.25, 0.3) is 28.2 Å². The predicted molar refractivity (Wildman–Crippen MR) is 98.7 cm³/mol. The van der Waals surface area contributed by atoms with Gasteiger partial charge in [-0.05, 0) is 34.7 Å². The standard InChI is InChI=1S/C19H14F2N6O/c1-28-16-8-3-2-5-12(16)11-9-13(18(22)23-10-11)19-24-25-26-27(19)15-7-4-6-14(20)17(15)21/h2-10H,1H3,(H2,22,23). The molecule has 28 heavy (non-hydrogen) atoms. The Labute approximate surface area is 158 Å². The summed E-state index contributed by atoms with van der Waals surface area (Å²) >= 11 is 0. The van der Waals surface area contributed by atoms with Gasteiger partial charge < -0.3 is 10.5 Å². The predicted octanol–water partition coefficient (Wildman–Crippen LogP) is 3.26. The third-order valence-corrected chi connectivity index (χ3v) is 4.21. The van der Waals surface area contributed by atoms with Gasteiger partial charge in [0.25, 0.3) is 0 Å². The second-order valence-corrected chi connectivity index (χ2v) is 5.84. The molecular formula is C19H14F2N6O. The van der Waals surface area contributed by atoms with E-state index in [1.165, 1.54) is 12.1 Å². The van der Waals surface area contributed by atoms with Gasteiger partial charge in [-0.2, -0.15) is 4.68 Å². The van der Waals surface area contributed by atoms with Crippen LogP contribution in [0.3, 0.4) is 0 Å². The number of rotatable bonds is 4. The van der Waals surface area contributed by atoms with Crippen molar-refractivity contribution in [2.24, 2.45) is 0 Å².